The zero-order valence-corrected chi connectivity index (χ0v) is 11.2. The van der Waals surface area contributed by atoms with Crippen LogP contribution in [0.15, 0.2) is 42.6 Å². The van der Waals surface area contributed by atoms with Gasteiger partial charge in [-0.1, -0.05) is 12.1 Å². The summed E-state index contributed by atoms with van der Waals surface area (Å²) in [5.41, 5.74) is 2.88. The Hall–Kier alpha value is -2.23. The number of nitrogens with zero attached hydrogens (tertiary/aromatic N) is 2. The fraction of sp³-hybridized carbons (Fsp3) is 0.312. The van der Waals surface area contributed by atoms with Crippen molar-refractivity contribution >= 4 is 17.3 Å². The van der Waals surface area contributed by atoms with Gasteiger partial charge in [0.25, 0.3) is 5.91 Å². The molecule has 102 valence electrons. The van der Waals surface area contributed by atoms with Gasteiger partial charge in [-0.05, 0) is 37.1 Å². The summed E-state index contributed by atoms with van der Waals surface area (Å²) in [7, 11) is 0. The molecular formula is C16H17N3O. The van der Waals surface area contributed by atoms with Crippen LogP contribution < -0.4 is 9.80 Å². The molecule has 0 atom stereocenters. The van der Waals surface area contributed by atoms with Crippen molar-refractivity contribution in [1.29, 1.82) is 0 Å². The predicted molar refractivity (Wildman–Crippen MR) is 79.3 cm³/mol. The first-order valence-electron chi connectivity index (χ1n) is 7.15. The summed E-state index contributed by atoms with van der Waals surface area (Å²) < 4.78 is 0. The highest BCUT2D eigenvalue weighted by molar-refractivity contribution is 6.07. The van der Waals surface area contributed by atoms with E-state index >= 15 is 0 Å². The Balaban J connectivity index is 1.72. The second kappa shape index (κ2) is 4.40. The maximum Gasteiger partial charge on any atom is 0.274 e. The highest BCUT2D eigenvalue weighted by Crippen LogP contribution is 2.40. The Labute approximate surface area is 118 Å². The number of para-hydroxylation sites is 2. The quantitative estimate of drug-likeness (QED) is 0.908. The van der Waals surface area contributed by atoms with Crippen LogP contribution in [0.25, 0.3) is 0 Å². The molecule has 0 spiro atoms. The van der Waals surface area contributed by atoms with Crippen LogP contribution in [0.2, 0.25) is 0 Å². The molecule has 4 nitrogen and oxygen atoms in total. The molecule has 0 unspecified atom stereocenters. The minimum Gasteiger partial charge on any atom is -0.365 e. The van der Waals surface area contributed by atoms with Crippen LogP contribution >= 0.6 is 0 Å². The lowest BCUT2D eigenvalue weighted by Crippen LogP contribution is -2.45. The van der Waals surface area contributed by atoms with Gasteiger partial charge in [0.1, 0.15) is 5.69 Å². The summed E-state index contributed by atoms with van der Waals surface area (Å²) >= 11 is 0. The van der Waals surface area contributed by atoms with Crippen molar-refractivity contribution in [3.8, 4) is 0 Å². The zero-order chi connectivity index (χ0) is 13.5. The second-order valence-corrected chi connectivity index (χ2v) is 5.45. The number of H-pyrrole nitrogens is 1. The molecule has 20 heavy (non-hydrogen) atoms. The van der Waals surface area contributed by atoms with E-state index in [1.807, 2.05) is 29.2 Å². The molecule has 1 saturated carbocycles. The number of fused-ring (bicyclic) bond motifs is 1. The van der Waals surface area contributed by atoms with Gasteiger partial charge in [-0.2, -0.15) is 0 Å². The molecule has 2 heterocycles. The molecule has 0 radical (unpaired) electrons. The Morgan fingerprint density at radius 3 is 2.55 bits per heavy atom. The van der Waals surface area contributed by atoms with Crippen molar-refractivity contribution in [2.24, 2.45) is 0 Å². The van der Waals surface area contributed by atoms with Gasteiger partial charge in [0.15, 0.2) is 0 Å². The highest BCUT2D eigenvalue weighted by atomic mass is 16.2. The van der Waals surface area contributed by atoms with Gasteiger partial charge in [-0.15, -0.1) is 0 Å². The molecule has 1 aromatic carbocycles. The first-order valence-corrected chi connectivity index (χ1v) is 7.15. The summed E-state index contributed by atoms with van der Waals surface area (Å²) in [4.78, 5) is 19.9. The number of carbonyl (C=O) groups is 1. The van der Waals surface area contributed by atoms with E-state index in [9.17, 15) is 4.79 Å². The van der Waals surface area contributed by atoms with Gasteiger partial charge in [-0.3, -0.25) is 4.79 Å². The third-order valence-electron chi connectivity index (χ3n) is 4.11. The second-order valence-electron chi connectivity index (χ2n) is 5.45. The van der Waals surface area contributed by atoms with Crippen LogP contribution in [0.4, 0.5) is 11.4 Å². The molecular weight excluding hydrogens is 250 g/mol. The fourth-order valence-electron chi connectivity index (χ4n) is 2.97. The summed E-state index contributed by atoms with van der Waals surface area (Å²) in [5.74, 6) is 0.0536. The number of anilines is 2. The van der Waals surface area contributed by atoms with Crippen LogP contribution in [0.5, 0.6) is 0 Å². The number of rotatable bonds is 2. The molecule has 0 bridgehead atoms. The van der Waals surface area contributed by atoms with E-state index in [1.54, 1.807) is 6.20 Å². The molecule has 1 amide bonds. The maximum atomic E-state index is 12.6. The summed E-state index contributed by atoms with van der Waals surface area (Å²) in [6.07, 6.45) is 4.34. The number of amides is 1. The van der Waals surface area contributed by atoms with Crippen LogP contribution in [0.3, 0.4) is 0 Å². The van der Waals surface area contributed by atoms with Crippen molar-refractivity contribution in [3.63, 3.8) is 0 Å². The monoisotopic (exact) mass is 267 g/mol. The smallest absolute Gasteiger partial charge is 0.274 e. The third kappa shape index (κ3) is 1.80. The first kappa shape index (κ1) is 11.6. The standard InChI is InChI=1S/C16H17N3O/c20-16(13-4-3-9-17-13)19-11-10-18(12-7-8-12)14-5-1-2-6-15(14)19/h1-6,9,12,17H,7-8,10-11H2. The Kier molecular flexibility index (Phi) is 2.55. The van der Waals surface area contributed by atoms with Crippen LogP contribution in [0, 0.1) is 0 Å². The average molecular weight is 267 g/mol. The van der Waals surface area contributed by atoms with E-state index in [1.165, 1.54) is 18.5 Å². The molecule has 4 heteroatoms. The van der Waals surface area contributed by atoms with Gasteiger partial charge in [0.2, 0.25) is 0 Å². The summed E-state index contributed by atoms with van der Waals surface area (Å²) in [5, 5.41) is 0. The lowest BCUT2D eigenvalue weighted by molar-refractivity contribution is 0.0982. The van der Waals surface area contributed by atoms with Gasteiger partial charge >= 0.3 is 0 Å². The average Bonchev–Trinajstić information content (AvgIpc) is 3.19. The number of nitrogens with one attached hydrogen (secondary N) is 1. The largest absolute Gasteiger partial charge is 0.365 e. The fourth-order valence-corrected chi connectivity index (χ4v) is 2.97. The molecule has 1 N–H and O–H groups in total. The lowest BCUT2D eigenvalue weighted by Gasteiger charge is -2.37. The Morgan fingerprint density at radius 2 is 1.85 bits per heavy atom. The number of carbonyl (C=O) groups excluding carboxylic acids is 1. The van der Waals surface area contributed by atoms with Crippen molar-refractivity contribution in [2.45, 2.75) is 18.9 Å². The topological polar surface area (TPSA) is 39.3 Å². The number of benzene rings is 1. The zero-order valence-electron chi connectivity index (χ0n) is 11.2. The van der Waals surface area contributed by atoms with Crippen LogP contribution in [-0.2, 0) is 0 Å². The van der Waals surface area contributed by atoms with Gasteiger partial charge in [0.05, 0.1) is 11.4 Å². The lowest BCUT2D eigenvalue weighted by atomic mass is 10.1. The summed E-state index contributed by atoms with van der Waals surface area (Å²) in [6.45, 7) is 1.68. The SMILES string of the molecule is O=C(c1ccc[nH]1)N1CCN(C2CC2)c2ccccc21. The highest BCUT2D eigenvalue weighted by Gasteiger charge is 2.35. The van der Waals surface area contributed by atoms with E-state index in [2.05, 4.69) is 22.0 Å². The minimum absolute atomic E-state index is 0.0536. The maximum absolute atomic E-state index is 12.6. The van der Waals surface area contributed by atoms with Crippen LogP contribution in [0.1, 0.15) is 23.3 Å². The number of aromatic amines is 1. The number of hydrogen-bond donors (Lipinski definition) is 1. The van der Waals surface area contributed by atoms with E-state index in [0.717, 1.165) is 18.8 Å². The van der Waals surface area contributed by atoms with E-state index in [0.29, 0.717) is 11.7 Å². The molecule has 1 aromatic heterocycles. The molecule has 0 saturated heterocycles. The molecule has 1 fully saturated rings. The van der Waals surface area contributed by atoms with E-state index in [-0.39, 0.29) is 5.91 Å². The van der Waals surface area contributed by atoms with E-state index in [4.69, 9.17) is 0 Å². The van der Waals surface area contributed by atoms with Crippen molar-refractivity contribution < 1.29 is 4.79 Å². The minimum atomic E-state index is 0.0536. The van der Waals surface area contributed by atoms with Gasteiger partial charge < -0.3 is 14.8 Å². The summed E-state index contributed by atoms with van der Waals surface area (Å²) in [6, 6.07) is 12.6. The van der Waals surface area contributed by atoms with Crippen LogP contribution in [-0.4, -0.2) is 30.0 Å². The van der Waals surface area contributed by atoms with Gasteiger partial charge in [0, 0.05) is 25.3 Å². The van der Waals surface area contributed by atoms with Crippen molar-refractivity contribution in [3.05, 3.63) is 48.3 Å². The first-order chi connectivity index (χ1) is 9.84. The van der Waals surface area contributed by atoms with E-state index < -0.39 is 0 Å². The molecule has 4 rings (SSSR count). The number of aromatic nitrogens is 1. The van der Waals surface area contributed by atoms with Gasteiger partial charge in [-0.25, -0.2) is 0 Å². The normalized spacial score (nSPS) is 18.0. The van der Waals surface area contributed by atoms with Crippen molar-refractivity contribution in [2.75, 3.05) is 22.9 Å². The molecule has 1 aliphatic heterocycles. The number of hydrogen-bond acceptors (Lipinski definition) is 2. The molecule has 2 aromatic rings. The Bertz CT molecular complexity index is 631. The molecule has 2 aliphatic rings. The van der Waals surface area contributed by atoms with Crippen molar-refractivity contribution in [1.82, 2.24) is 4.98 Å². The Morgan fingerprint density at radius 1 is 1.05 bits per heavy atom. The third-order valence-corrected chi connectivity index (χ3v) is 4.11. The predicted octanol–water partition coefficient (Wildman–Crippen LogP) is 2.64. The molecule has 1 aliphatic carbocycles.